The number of methoxy groups -OCH3 is 1. The van der Waals surface area contributed by atoms with Crippen LogP contribution >= 0.6 is 0 Å². The van der Waals surface area contributed by atoms with Gasteiger partial charge in [-0.25, -0.2) is 22.9 Å². The Morgan fingerprint density at radius 1 is 1.06 bits per heavy atom. The maximum absolute atomic E-state index is 12.7. The highest BCUT2D eigenvalue weighted by Gasteiger charge is 2.16. The van der Waals surface area contributed by atoms with E-state index in [1.54, 1.807) is 13.2 Å². The Hall–Kier alpha value is -3.90. The highest BCUT2D eigenvalue weighted by Crippen LogP contribution is 2.20. The van der Waals surface area contributed by atoms with Crippen LogP contribution in [0.5, 0.6) is 5.75 Å². The molecule has 0 fully saturated rings. The van der Waals surface area contributed by atoms with E-state index in [-0.39, 0.29) is 18.0 Å². The molecule has 0 aliphatic rings. The van der Waals surface area contributed by atoms with Gasteiger partial charge < -0.3 is 19.8 Å². The Kier molecular flexibility index (Phi) is 6.52. The number of sulfonamides is 1. The second kappa shape index (κ2) is 9.53. The molecular weight excluding hydrogens is 460 g/mol. The maximum atomic E-state index is 12.7. The van der Waals surface area contributed by atoms with Gasteiger partial charge in [0.2, 0.25) is 16.0 Å². The number of benzene rings is 2. The fourth-order valence-corrected chi connectivity index (χ4v) is 4.30. The van der Waals surface area contributed by atoms with Gasteiger partial charge in [0.15, 0.2) is 5.58 Å². The van der Waals surface area contributed by atoms with E-state index in [1.807, 2.05) is 31.2 Å². The molecular formula is C22H24N6O5S. The van der Waals surface area contributed by atoms with Gasteiger partial charge in [0.05, 0.1) is 17.5 Å². The van der Waals surface area contributed by atoms with Gasteiger partial charge >= 0.3 is 5.76 Å². The number of aromatic nitrogens is 3. The van der Waals surface area contributed by atoms with E-state index in [0.29, 0.717) is 22.9 Å². The first-order valence-corrected chi connectivity index (χ1v) is 11.8. The zero-order valence-corrected chi connectivity index (χ0v) is 19.6. The summed E-state index contributed by atoms with van der Waals surface area (Å²) in [6, 6.07) is 13.5. The van der Waals surface area contributed by atoms with Gasteiger partial charge in [-0.05, 0) is 49.4 Å². The minimum absolute atomic E-state index is 0.0363. The van der Waals surface area contributed by atoms with Crippen LogP contribution in [-0.4, -0.2) is 43.2 Å². The van der Waals surface area contributed by atoms with E-state index in [9.17, 15) is 13.2 Å². The van der Waals surface area contributed by atoms with Crippen molar-refractivity contribution in [2.45, 2.75) is 11.8 Å². The van der Waals surface area contributed by atoms with Crippen LogP contribution in [0, 0.1) is 6.92 Å². The molecule has 2 aromatic carbocycles. The lowest BCUT2D eigenvalue weighted by Crippen LogP contribution is -2.29. The molecule has 0 aliphatic heterocycles. The molecule has 0 spiro atoms. The standard InChI is InChI=1S/C22H24N6O5S/c1-14-12-20(26-15-4-6-16(32-3)7-5-15)27-21(25-14)23-10-11-24-34(30,31)17-8-9-19-18(13-17)28(2)22(29)33-19/h4-9,12-13,24H,10-11H2,1-3H3,(H2,23,25,26,27). The van der Waals surface area contributed by atoms with Crippen molar-refractivity contribution < 1.29 is 17.6 Å². The van der Waals surface area contributed by atoms with Crippen molar-refractivity contribution in [2.24, 2.45) is 7.05 Å². The average molecular weight is 485 g/mol. The molecule has 34 heavy (non-hydrogen) atoms. The minimum Gasteiger partial charge on any atom is -0.497 e. The van der Waals surface area contributed by atoms with Crippen molar-refractivity contribution in [1.29, 1.82) is 0 Å². The molecule has 2 heterocycles. The fraction of sp³-hybridized carbons (Fsp3) is 0.227. The number of aryl methyl sites for hydroxylation is 2. The molecule has 0 saturated carbocycles. The molecule has 2 aromatic heterocycles. The quantitative estimate of drug-likeness (QED) is 0.305. The number of hydrogen-bond donors (Lipinski definition) is 3. The van der Waals surface area contributed by atoms with Crippen LogP contribution in [-0.2, 0) is 17.1 Å². The summed E-state index contributed by atoms with van der Waals surface area (Å²) in [5.74, 6) is 1.16. The molecule has 178 valence electrons. The van der Waals surface area contributed by atoms with Crippen LogP contribution in [0.2, 0.25) is 0 Å². The van der Waals surface area contributed by atoms with Crippen molar-refractivity contribution in [3.05, 3.63) is 64.8 Å². The normalized spacial score (nSPS) is 11.5. The molecule has 0 bridgehead atoms. The summed E-state index contributed by atoms with van der Waals surface area (Å²) < 4.78 is 39.3. The number of rotatable bonds is 9. The first-order chi connectivity index (χ1) is 16.2. The summed E-state index contributed by atoms with van der Waals surface area (Å²) in [5, 5.41) is 6.23. The average Bonchev–Trinajstić information content (AvgIpc) is 3.10. The number of oxazole rings is 1. The number of anilines is 3. The van der Waals surface area contributed by atoms with E-state index in [4.69, 9.17) is 9.15 Å². The smallest absolute Gasteiger partial charge is 0.419 e. The molecule has 0 radical (unpaired) electrons. The monoisotopic (exact) mass is 484 g/mol. The van der Waals surface area contributed by atoms with E-state index in [2.05, 4.69) is 25.3 Å². The van der Waals surface area contributed by atoms with E-state index in [1.165, 1.54) is 29.8 Å². The summed E-state index contributed by atoms with van der Waals surface area (Å²) >= 11 is 0. The Balaban J connectivity index is 1.37. The largest absolute Gasteiger partial charge is 0.497 e. The van der Waals surface area contributed by atoms with Gasteiger partial charge in [0.1, 0.15) is 11.6 Å². The molecule has 11 nitrogen and oxygen atoms in total. The molecule has 0 saturated heterocycles. The van der Waals surface area contributed by atoms with Gasteiger partial charge in [0, 0.05) is 37.6 Å². The predicted molar refractivity (Wildman–Crippen MR) is 128 cm³/mol. The van der Waals surface area contributed by atoms with Gasteiger partial charge in [-0.1, -0.05) is 0 Å². The lowest BCUT2D eigenvalue weighted by molar-refractivity contribution is 0.415. The van der Waals surface area contributed by atoms with Crippen molar-refractivity contribution >= 4 is 38.6 Å². The van der Waals surface area contributed by atoms with Crippen molar-refractivity contribution in [3.63, 3.8) is 0 Å². The SMILES string of the molecule is COc1ccc(Nc2cc(C)nc(NCCNS(=O)(=O)c3ccc4oc(=O)n(C)c4c3)n2)cc1. The second-order valence-electron chi connectivity index (χ2n) is 7.45. The molecule has 0 atom stereocenters. The van der Waals surface area contributed by atoms with Crippen LogP contribution in [0.3, 0.4) is 0 Å². The highest BCUT2D eigenvalue weighted by atomic mass is 32.2. The number of nitrogens with zero attached hydrogens (tertiary/aromatic N) is 3. The summed E-state index contributed by atoms with van der Waals surface area (Å²) in [7, 11) is -0.665. The van der Waals surface area contributed by atoms with Gasteiger partial charge in [-0.2, -0.15) is 4.98 Å². The zero-order chi connectivity index (χ0) is 24.3. The molecule has 0 amide bonds. The van der Waals surface area contributed by atoms with E-state index < -0.39 is 15.8 Å². The molecule has 4 rings (SSSR count). The van der Waals surface area contributed by atoms with Crippen LogP contribution in [0.4, 0.5) is 17.5 Å². The summed E-state index contributed by atoms with van der Waals surface area (Å²) in [6.45, 7) is 2.20. The van der Waals surface area contributed by atoms with E-state index in [0.717, 1.165) is 17.1 Å². The van der Waals surface area contributed by atoms with Gasteiger partial charge in [-0.3, -0.25) is 4.57 Å². The van der Waals surface area contributed by atoms with Crippen LogP contribution < -0.4 is 25.8 Å². The lowest BCUT2D eigenvalue weighted by Gasteiger charge is -2.11. The molecule has 0 unspecified atom stereocenters. The Labute approximate surface area is 195 Å². The number of nitrogens with one attached hydrogen (secondary N) is 3. The van der Waals surface area contributed by atoms with Crippen molar-refractivity contribution in [3.8, 4) is 5.75 Å². The topological polar surface area (TPSA) is 140 Å². The molecule has 3 N–H and O–H groups in total. The van der Waals surface area contributed by atoms with Crippen LogP contribution in [0.1, 0.15) is 5.69 Å². The predicted octanol–water partition coefficient (Wildman–Crippen LogP) is 2.37. The van der Waals surface area contributed by atoms with Crippen LogP contribution in [0.15, 0.2) is 62.6 Å². The second-order valence-corrected chi connectivity index (χ2v) is 9.22. The van der Waals surface area contributed by atoms with Gasteiger partial charge in [-0.15, -0.1) is 0 Å². The Morgan fingerprint density at radius 3 is 2.56 bits per heavy atom. The van der Waals surface area contributed by atoms with E-state index >= 15 is 0 Å². The summed E-state index contributed by atoms with van der Waals surface area (Å²) in [6.07, 6.45) is 0. The minimum atomic E-state index is -3.79. The first kappa shape index (κ1) is 23.3. The third-order valence-corrected chi connectivity index (χ3v) is 6.45. The third kappa shape index (κ3) is 5.18. The number of ether oxygens (including phenoxy) is 1. The zero-order valence-electron chi connectivity index (χ0n) is 18.8. The number of hydrogen-bond acceptors (Lipinski definition) is 9. The molecule has 12 heteroatoms. The first-order valence-electron chi connectivity index (χ1n) is 10.3. The van der Waals surface area contributed by atoms with Crippen molar-refractivity contribution in [1.82, 2.24) is 19.3 Å². The summed E-state index contributed by atoms with van der Waals surface area (Å²) in [4.78, 5) is 20.4. The molecule has 0 aliphatic carbocycles. The van der Waals surface area contributed by atoms with Crippen LogP contribution in [0.25, 0.3) is 11.1 Å². The number of fused-ring (bicyclic) bond motifs is 1. The lowest BCUT2D eigenvalue weighted by atomic mass is 10.3. The maximum Gasteiger partial charge on any atom is 0.419 e. The summed E-state index contributed by atoms with van der Waals surface area (Å²) in [5.41, 5.74) is 2.30. The Morgan fingerprint density at radius 2 is 1.82 bits per heavy atom. The third-order valence-electron chi connectivity index (χ3n) is 4.99. The molecule has 4 aromatic rings. The van der Waals surface area contributed by atoms with Gasteiger partial charge in [0.25, 0.3) is 0 Å². The Bertz CT molecular complexity index is 1480. The fourth-order valence-electron chi connectivity index (χ4n) is 3.25. The highest BCUT2D eigenvalue weighted by molar-refractivity contribution is 7.89. The van der Waals surface area contributed by atoms with Crippen molar-refractivity contribution in [2.75, 3.05) is 30.8 Å².